The second-order valence-corrected chi connectivity index (χ2v) is 7.82. The van der Waals surface area contributed by atoms with Crippen LogP contribution in [0.25, 0.3) is 0 Å². The minimum atomic E-state index is 0.0786. The number of carbonyl (C=O) groups excluding carboxylic acids is 1. The van der Waals surface area contributed by atoms with Crippen LogP contribution in [0.2, 0.25) is 0 Å². The summed E-state index contributed by atoms with van der Waals surface area (Å²) in [5, 5.41) is 3.17. The smallest absolute Gasteiger partial charge is 0.317 e. The van der Waals surface area contributed by atoms with Crippen LogP contribution in [-0.4, -0.2) is 80.1 Å². The average molecular weight is 341 g/mol. The zero-order valence-electron chi connectivity index (χ0n) is 16.8. The van der Waals surface area contributed by atoms with Crippen LogP contribution in [-0.2, 0) is 0 Å². The molecule has 1 heterocycles. The molecule has 0 aromatic heterocycles. The van der Waals surface area contributed by atoms with Crippen molar-refractivity contribution < 1.29 is 4.79 Å². The molecule has 0 saturated carbocycles. The van der Waals surface area contributed by atoms with E-state index in [9.17, 15) is 4.79 Å². The van der Waals surface area contributed by atoms with E-state index in [1.54, 1.807) is 0 Å². The standard InChI is InChI=1S/C19H40N4O/c1-7-23(8-2)18(13-16(3)4)14-20-19(24)22(6)15-17-9-11-21(5)12-10-17/h16-18H,7-15H2,1-6H3,(H,20,24). The molecule has 0 radical (unpaired) electrons. The topological polar surface area (TPSA) is 38.8 Å². The number of hydrogen-bond acceptors (Lipinski definition) is 3. The SMILES string of the molecule is CCN(CC)C(CNC(=O)N(C)CC1CCN(C)CC1)CC(C)C. The Morgan fingerprint density at radius 1 is 1.21 bits per heavy atom. The molecule has 0 aromatic carbocycles. The molecule has 1 aliphatic rings. The third-order valence-corrected chi connectivity index (χ3v) is 5.28. The van der Waals surface area contributed by atoms with Crippen LogP contribution in [0.15, 0.2) is 0 Å². The highest BCUT2D eigenvalue weighted by molar-refractivity contribution is 5.73. The molecular weight excluding hydrogens is 300 g/mol. The number of piperidine rings is 1. The summed E-state index contributed by atoms with van der Waals surface area (Å²) >= 11 is 0. The third-order valence-electron chi connectivity index (χ3n) is 5.28. The predicted octanol–water partition coefficient (Wildman–Crippen LogP) is 2.73. The zero-order valence-corrected chi connectivity index (χ0v) is 16.8. The van der Waals surface area contributed by atoms with E-state index in [2.05, 4.69) is 49.9 Å². The van der Waals surface area contributed by atoms with Crippen LogP contribution in [0.4, 0.5) is 4.79 Å². The first kappa shape index (κ1) is 21.2. The lowest BCUT2D eigenvalue weighted by atomic mass is 9.97. The number of hydrogen-bond donors (Lipinski definition) is 1. The maximum atomic E-state index is 12.5. The molecule has 1 N–H and O–H groups in total. The van der Waals surface area contributed by atoms with Gasteiger partial charge < -0.3 is 15.1 Å². The molecule has 0 aromatic rings. The van der Waals surface area contributed by atoms with E-state index in [-0.39, 0.29) is 6.03 Å². The van der Waals surface area contributed by atoms with E-state index in [1.165, 1.54) is 12.8 Å². The molecule has 2 amide bonds. The number of urea groups is 1. The third kappa shape index (κ3) is 7.39. The van der Waals surface area contributed by atoms with Crippen molar-refractivity contribution in [2.75, 3.05) is 53.4 Å². The van der Waals surface area contributed by atoms with Gasteiger partial charge in [0.05, 0.1) is 0 Å². The molecule has 1 fully saturated rings. The minimum absolute atomic E-state index is 0.0786. The predicted molar refractivity (Wildman–Crippen MR) is 102 cm³/mol. The summed E-state index contributed by atoms with van der Waals surface area (Å²) < 4.78 is 0. The van der Waals surface area contributed by atoms with Gasteiger partial charge in [-0.2, -0.15) is 0 Å². The van der Waals surface area contributed by atoms with Crippen LogP contribution in [0.5, 0.6) is 0 Å². The summed E-state index contributed by atoms with van der Waals surface area (Å²) in [5.74, 6) is 1.29. The lowest BCUT2D eigenvalue weighted by Crippen LogP contribution is -2.48. The molecule has 1 rings (SSSR count). The first-order valence-corrected chi connectivity index (χ1v) is 9.78. The Balaban J connectivity index is 2.42. The highest BCUT2D eigenvalue weighted by Crippen LogP contribution is 2.17. The number of nitrogens with one attached hydrogen (secondary N) is 1. The summed E-state index contributed by atoms with van der Waals surface area (Å²) in [4.78, 5) is 19.2. The van der Waals surface area contributed by atoms with Gasteiger partial charge in [-0.1, -0.05) is 27.7 Å². The van der Waals surface area contributed by atoms with Crippen molar-refractivity contribution in [3.8, 4) is 0 Å². The van der Waals surface area contributed by atoms with Crippen LogP contribution >= 0.6 is 0 Å². The van der Waals surface area contributed by atoms with Gasteiger partial charge in [0.2, 0.25) is 0 Å². The molecule has 1 saturated heterocycles. The van der Waals surface area contributed by atoms with E-state index in [4.69, 9.17) is 0 Å². The van der Waals surface area contributed by atoms with E-state index < -0.39 is 0 Å². The highest BCUT2D eigenvalue weighted by Gasteiger charge is 2.22. The van der Waals surface area contributed by atoms with Crippen LogP contribution in [0.1, 0.15) is 47.0 Å². The van der Waals surface area contributed by atoms with Gasteiger partial charge in [0.15, 0.2) is 0 Å². The fraction of sp³-hybridized carbons (Fsp3) is 0.947. The van der Waals surface area contributed by atoms with Crippen molar-refractivity contribution >= 4 is 6.03 Å². The number of rotatable bonds is 9. The van der Waals surface area contributed by atoms with Crippen LogP contribution < -0.4 is 5.32 Å². The van der Waals surface area contributed by atoms with Gasteiger partial charge in [0, 0.05) is 26.2 Å². The number of nitrogens with zero attached hydrogens (tertiary/aromatic N) is 3. The maximum absolute atomic E-state index is 12.5. The number of amides is 2. The van der Waals surface area contributed by atoms with E-state index in [1.807, 2.05) is 11.9 Å². The summed E-state index contributed by atoms with van der Waals surface area (Å²) in [6.45, 7) is 14.9. The second-order valence-electron chi connectivity index (χ2n) is 7.82. The zero-order chi connectivity index (χ0) is 18.1. The molecule has 1 atom stereocenters. The normalized spacial score (nSPS) is 18.2. The monoisotopic (exact) mass is 340 g/mol. The quantitative estimate of drug-likeness (QED) is 0.701. The van der Waals surface area contributed by atoms with E-state index >= 15 is 0 Å². The fourth-order valence-electron chi connectivity index (χ4n) is 3.70. The van der Waals surface area contributed by atoms with Crippen molar-refractivity contribution in [1.82, 2.24) is 20.0 Å². The Hall–Kier alpha value is -0.810. The first-order valence-electron chi connectivity index (χ1n) is 9.78. The number of likely N-dealkylation sites (N-methyl/N-ethyl adjacent to an activating group) is 1. The van der Waals surface area contributed by atoms with Crippen molar-refractivity contribution in [2.45, 2.75) is 53.0 Å². The maximum Gasteiger partial charge on any atom is 0.317 e. The Labute approximate surface area is 149 Å². The van der Waals surface area contributed by atoms with Gasteiger partial charge in [0.25, 0.3) is 0 Å². The average Bonchev–Trinajstić information content (AvgIpc) is 2.54. The highest BCUT2D eigenvalue weighted by atomic mass is 16.2. The summed E-state index contributed by atoms with van der Waals surface area (Å²) in [7, 11) is 4.11. The van der Waals surface area contributed by atoms with Crippen molar-refractivity contribution in [2.24, 2.45) is 11.8 Å². The summed E-state index contributed by atoms with van der Waals surface area (Å²) in [6.07, 6.45) is 3.52. The number of likely N-dealkylation sites (tertiary alicyclic amines) is 1. The lowest BCUT2D eigenvalue weighted by Gasteiger charge is -2.33. The molecule has 142 valence electrons. The molecule has 5 nitrogen and oxygen atoms in total. The minimum Gasteiger partial charge on any atom is -0.336 e. The Kier molecular flexibility index (Phi) is 9.67. The van der Waals surface area contributed by atoms with Gasteiger partial charge in [-0.05, 0) is 64.3 Å². The van der Waals surface area contributed by atoms with Crippen LogP contribution in [0, 0.1) is 11.8 Å². The van der Waals surface area contributed by atoms with Gasteiger partial charge in [-0.3, -0.25) is 4.90 Å². The van der Waals surface area contributed by atoms with Crippen molar-refractivity contribution in [1.29, 1.82) is 0 Å². The molecular formula is C19H40N4O. The van der Waals surface area contributed by atoms with Crippen molar-refractivity contribution in [3.63, 3.8) is 0 Å². The Morgan fingerprint density at radius 3 is 2.29 bits per heavy atom. The second kappa shape index (κ2) is 10.9. The molecule has 0 aliphatic carbocycles. The molecule has 5 heteroatoms. The van der Waals surface area contributed by atoms with Gasteiger partial charge >= 0.3 is 6.03 Å². The Morgan fingerprint density at radius 2 is 1.79 bits per heavy atom. The van der Waals surface area contributed by atoms with E-state index in [0.717, 1.165) is 45.7 Å². The molecule has 1 aliphatic heterocycles. The van der Waals surface area contributed by atoms with Crippen molar-refractivity contribution in [3.05, 3.63) is 0 Å². The number of carbonyl (C=O) groups is 1. The molecule has 24 heavy (non-hydrogen) atoms. The summed E-state index contributed by atoms with van der Waals surface area (Å²) in [5.41, 5.74) is 0. The molecule has 1 unspecified atom stereocenters. The fourth-order valence-corrected chi connectivity index (χ4v) is 3.70. The first-order chi connectivity index (χ1) is 11.4. The van der Waals surface area contributed by atoms with Gasteiger partial charge in [-0.25, -0.2) is 4.79 Å². The van der Waals surface area contributed by atoms with E-state index in [0.29, 0.717) is 17.9 Å². The molecule has 0 bridgehead atoms. The lowest BCUT2D eigenvalue weighted by molar-refractivity contribution is 0.160. The van der Waals surface area contributed by atoms with Gasteiger partial charge in [0.1, 0.15) is 0 Å². The largest absolute Gasteiger partial charge is 0.336 e. The summed E-state index contributed by atoms with van der Waals surface area (Å²) in [6, 6.07) is 0.510. The Bertz CT molecular complexity index is 349. The van der Waals surface area contributed by atoms with Crippen LogP contribution in [0.3, 0.4) is 0 Å². The van der Waals surface area contributed by atoms with Gasteiger partial charge in [-0.15, -0.1) is 0 Å². The molecule has 0 spiro atoms.